The second-order valence-corrected chi connectivity index (χ2v) is 5.83. The summed E-state index contributed by atoms with van der Waals surface area (Å²) in [6.45, 7) is 7.08. The highest BCUT2D eigenvalue weighted by Gasteiger charge is 2.19. The second-order valence-electron chi connectivity index (χ2n) is 4.83. The summed E-state index contributed by atoms with van der Waals surface area (Å²) in [6, 6.07) is 2.23. The molecule has 0 bridgehead atoms. The van der Waals surface area contributed by atoms with Crippen LogP contribution in [0.2, 0.25) is 0 Å². The zero-order chi connectivity index (χ0) is 11.4. The van der Waals surface area contributed by atoms with Gasteiger partial charge in [-0.1, -0.05) is 0 Å². The molecule has 98 valence electrons. The first kappa shape index (κ1) is 15.0. The fourth-order valence-electron chi connectivity index (χ4n) is 2.52. The highest BCUT2D eigenvalue weighted by molar-refractivity contribution is 7.10. The quantitative estimate of drug-likeness (QED) is 0.908. The Morgan fingerprint density at radius 1 is 1.53 bits per heavy atom. The Hall–Kier alpha value is -0.0900. The minimum Gasteiger partial charge on any atom is -0.319 e. The van der Waals surface area contributed by atoms with Crippen LogP contribution >= 0.6 is 23.7 Å². The van der Waals surface area contributed by atoms with Gasteiger partial charge in [-0.15, -0.1) is 23.7 Å². The molecule has 0 aromatic carbocycles. The first-order valence-corrected chi connectivity index (χ1v) is 7.07. The Morgan fingerprint density at radius 3 is 3.00 bits per heavy atom. The van der Waals surface area contributed by atoms with Crippen LogP contribution in [0.5, 0.6) is 0 Å². The molecule has 1 aromatic rings. The van der Waals surface area contributed by atoms with E-state index in [1.807, 2.05) is 11.3 Å². The molecule has 1 aliphatic heterocycles. The number of nitrogens with one attached hydrogen (secondary N) is 1. The van der Waals surface area contributed by atoms with Gasteiger partial charge in [-0.3, -0.25) is 4.90 Å². The maximum Gasteiger partial charge on any atom is 0.0330 e. The zero-order valence-corrected chi connectivity index (χ0v) is 12.4. The smallest absolute Gasteiger partial charge is 0.0330 e. The van der Waals surface area contributed by atoms with Crippen molar-refractivity contribution in [1.82, 2.24) is 10.2 Å². The van der Waals surface area contributed by atoms with Crippen molar-refractivity contribution in [2.75, 3.05) is 26.7 Å². The molecule has 1 atom stereocenters. The van der Waals surface area contributed by atoms with E-state index in [0.29, 0.717) is 0 Å². The van der Waals surface area contributed by atoms with Gasteiger partial charge in [0.05, 0.1) is 0 Å². The van der Waals surface area contributed by atoms with Crippen LogP contribution in [0.25, 0.3) is 0 Å². The Bertz CT molecular complexity index is 325. The van der Waals surface area contributed by atoms with E-state index in [4.69, 9.17) is 0 Å². The maximum atomic E-state index is 3.30. The highest BCUT2D eigenvalue weighted by Crippen LogP contribution is 2.22. The van der Waals surface area contributed by atoms with Gasteiger partial charge in [0.25, 0.3) is 0 Å². The average molecular weight is 275 g/mol. The molecule has 1 fully saturated rings. The molecule has 4 heteroatoms. The Kier molecular flexibility index (Phi) is 6.49. The predicted octanol–water partition coefficient (Wildman–Crippen LogP) is 2.91. The number of hydrogen-bond donors (Lipinski definition) is 1. The van der Waals surface area contributed by atoms with Crippen molar-refractivity contribution in [2.45, 2.75) is 26.3 Å². The number of hydrogen-bond acceptors (Lipinski definition) is 3. The van der Waals surface area contributed by atoms with Gasteiger partial charge in [-0.25, -0.2) is 0 Å². The lowest BCUT2D eigenvalue weighted by molar-refractivity contribution is 0.168. The van der Waals surface area contributed by atoms with Crippen LogP contribution in [0, 0.1) is 12.8 Å². The molecule has 0 saturated carbocycles. The van der Waals surface area contributed by atoms with Gasteiger partial charge in [0.15, 0.2) is 0 Å². The van der Waals surface area contributed by atoms with Gasteiger partial charge < -0.3 is 5.32 Å². The highest BCUT2D eigenvalue weighted by atomic mass is 35.5. The largest absolute Gasteiger partial charge is 0.319 e. The monoisotopic (exact) mass is 274 g/mol. The standard InChI is InChI=1S/C13H22N2S.ClH/c1-11-5-7-16-13(11)10-15-6-3-4-12(9-15)8-14-2;/h5,7,12,14H,3-4,6,8-10H2,1-2H3;1H. The summed E-state index contributed by atoms with van der Waals surface area (Å²) in [6.07, 6.45) is 2.75. The summed E-state index contributed by atoms with van der Waals surface area (Å²) in [5, 5.41) is 5.51. The minimum atomic E-state index is 0. The number of rotatable bonds is 4. The SMILES string of the molecule is CNCC1CCCN(Cc2sccc2C)C1.Cl. The number of piperidine rings is 1. The molecular formula is C13H23ClN2S. The predicted molar refractivity (Wildman–Crippen MR) is 78.2 cm³/mol. The van der Waals surface area contributed by atoms with E-state index in [0.717, 1.165) is 12.5 Å². The topological polar surface area (TPSA) is 15.3 Å². The van der Waals surface area contributed by atoms with Crippen LogP contribution < -0.4 is 5.32 Å². The molecule has 2 rings (SSSR count). The van der Waals surface area contributed by atoms with Gasteiger partial charge in [0.1, 0.15) is 0 Å². The fourth-order valence-corrected chi connectivity index (χ4v) is 3.47. The molecule has 2 heterocycles. The van der Waals surface area contributed by atoms with Crippen molar-refractivity contribution in [2.24, 2.45) is 5.92 Å². The van der Waals surface area contributed by atoms with Crippen LogP contribution in [0.1, 0.15) is 23.3 Å². The van der Waals surface area contributed by atoms with E-state index < -0.39 is 0 Å². The van der Waals surface area contributed by atoms with Crippen LogP contribution in [-0.2, 0) is 6.54 Å². The molecule has 0 spiro atoms. The molecule has 1 unspecified atom stereocenters. The third kappa shape index (κ3) is 4.25. The lowest BCUT2D eigenvalue weighted by atomic mass is 9.98. The first-order valence-electron chi connectivity index (χ1n) is 6.19. The molecule has 1 N–H and O–H groups in total. The van der Waals surface area contributed by atoms with Crippen LogP contribution in [0.15, 0.2) is 11.4 Å². The molecule has 1 aliphatic rings. The molecule has 0 amide bonds. The zero-order valence-electron chi connectivity index (χ0n) is 10.7. The van der Waals surface area contributed by atoms with E-state index in [-0.39, 0.29) is 12.4 Å². The first-order chi connectivity index (χ1) is 7.79. The lowest BCUT2D eigenvalue weighted by Gasteiger charge is -2.32. The number of aryl methyl sites for hydroxylation is 1. The van der Waals surface area contributed by atoms with E-state index in [2.05, 4.69) is 35.6 Å². The third-order valence-corrected chi connectivity index (χ3v) is 4.44. The summed E-state index contributed by atoms with van der Waals surface area (Å²) in [4.78, 5) is 4.16. The summed E-state index contributed by atoms with van der Waals surface area (Å²) >= 11 is 1.90. The summed E-state index contributed by atoms with van der Waals surface area (Å²) in [7, 11) is 2.06. The third-order valence-electron chi connectivity index (χ3n) is 3.43. The van der Waals surface area contributed by atoms with Crippen LogP contribution in [-0.4, -0.2) is 31.6 Å². The normalized spacial score (nSPS) is 21.2. The van der Waals surface area contributed by atoms with Crippen molar-refractivity contribution < 1.29 is 0 Å². The van der Waals surface area contributed by atoms with Gasteiger partial charge in [-0.05, 0) is 62.8 Å². The van der Waals surface area contributed by atoms with Gasteiger partial charge in [0, 0.05) is 18.0 Å². The Balaban J connectivity index is 0.00000144. The van der Waals surface area contributed by atoms with Crippen molar-refractivity contribution >= 4 is 23.7 Å². The second kappa shape index (κ2) is 7.37. The number of likely N-dealkylation sites (tertiary alicyclic amines) is 1. The summed E-state index contributed by atoms with van der Waals surface area (Å²) < 4.78 is 0. The summed E-state index contributed by atoms with van der Waals surface area (Å²) in [5.74, 6) is 0.846. The van der Waals surface area contributed by atoms with Gasteiger partial charge >= 0.3 is 0 Å². The Morgan fingerprint density at radius 2 is 2.35 bits per heavy atom. The molecular weight excluding hydrogens is 252 g/mol. The van der Waals surface area contributed by atoms with Gasteiger partial charge in [-0.2, -0.15) is 0 Å². The van der Waals surface area contributed by atoms with Crippen molar-refractivity contribution in [1.29, 1.82) is 0 Å². The van der Waals surface area contributed by atoms with Crippen molar-refractivity contribution in [3.05, 3.63) is 21.9 Å². The minimum absolute atomic E-state index is 0. The lowest BCUT2D eigenvalue weighted by Crippen LogP contribution is -2.38. The van der Waals surface area contributed by atoms with Gasteiger partial charge in [0.2, 0.25) is 0 Å². The van der Waals surface area contributed by atoms with Crippen molar-refractivity contribution in [3.8, 4) is 0 Å². The number of nitrogens with zero attached hydrogens (tertiary/aromatic N) is 1. The average Bonchev–Trinajstić information content (AvgIpc) is 2.66. The molecule has 1 saturated heterocycles. The van der Waals surface area contributed by atoms with E-state index in [1.54, 1.807) is 4.88 Å². The maximum absolute atomic E-state index is 3.30. The molecule has 2 nitrogen and oxygen atoms in total. The molecule has 0 aliphatic carbocycles. The molecule has 17 heavy (non-hydrogen) atoms. The fraction of sp³-hybridized carbons (Fsp3) is 0.692. The van der Waals surface area contributed by atoms with E-state index in [9.17, 15) is 0 Å². The van der Waals surface area contributed by atoms with E-state index >= 15 is 0 Å². The number of thiophene rings is 1. The molecule has 1 aromatic heterocycles. The van der Waals surface area contributed by atoms with Crippen molar-refractivity contribution in [3.63, 3.8) is 0 Å². The van der Waals surface area contributed by atoms with E-state index in [1.165, 1.54) is 38.0 Å². The summed E-state index contributed by atoms with van der Waals surface area (Å²) in [5.41, 5.74) is 1.46. The number of halogens is 1. The molecule has 0 radical (unpaired) electrons. The Labute approximate surface area is 115 Å². The van der Waals surface area contributed by atoms with Crippen LogP contribution in [0.3, 0.4) is 0 Å². The van der Waals surface area contributed by atoms with Crippen LogP contribution in [0.4, 0.5) is 0 Å².